The number of amides is 2. The SMILES string of the molecule is CC(C)(C)OC(=O)n1nc(CBr)c2cc([N+](=O)[O-])ccc21.O=C1c2ccccc2C(=O)N1Cc1[nH]nc2ccc([N+](=O)[O-])cc12. The van der Waals surface area contributed by atoms with Crippen molar-refractivity contribution in [2.45, 2.75) is 38.2 Å². The van der Waals surface area contributed by atoms with E-state index in [1.807, 2.05) is 0 Å². The number of alkyl halides is 1. The Labute approximate surface area is 262 Å². The van der Waals surface area contributed by atoms with E-state index >= 15 is 0 Å². The van der Waals surface area contributed by atoms with Crippen molar-refractivity contribution in [2.24, 2.45) is 0 Å². The van der Waals surface area contributed by atoms with E-state index in [1.165, 1.54) is 36.4 Å². The van der Waals surface area contributed by atoms with Gasteiger partial charge < -0.3 is 4.74 Å². The van der Waals surface area contributed by atoms with E-state index in [-0.39, 0.29) is 29.7 Å². The molecule has 1 aliphatic heterocycles. The van der Waals surface area contributed by atoms with Gasteiger partial charge in [-0.1, -0.05) is 28.1 Å². The van der Waals surface area contributed by atoms with Gasteiger partial charge in [0.25, 0.3) is 23.2 Å². The quantitative estimate of drug-likeness (QED) is 0.101. The van der Waals surface area contributed by atoms with Gasteiger partial charge in [-0.3, -0.25) is 39.8 Å². The van der Waals surface area contributed by atoms with Gasteiger partial charge in [0.2, 0.25) is 0 Å². The summed E-state index contributed by atoms with van der Waals surface area (Å²) in [5.74, 6) is -0.771. The fraction of sp³-hybridized carbons (Fsp3) is 0.207. The molecule has 0 fully saturated rings. The van der Waals surface area contributed by atoms with Gasteiger partial charge >= 0.3 is 6.09 Å². The third kappa shape index (κ3) is 6.12. The predicted molar refractivity (Wildman–Crippen MR) is 164 cm³/mol. The number of non-ortho nitro benzene ring substituents is 2. The molecule has 0 saturated carbocycles. The normalized spacial score (nSPS) is 12.7. The van der Waals surface area contributed by atoms with Crippen molar-refractivity contribution < 1.29 is 29.0 Å². The number of aromatic amines is 1. The fourth-order valence-electron chi connectivity index (χ4n) is 4.65. The average Bonchev–Trinajstić information content (AvgIpc) is 3.65. The number of fused-ring (bicyclic) bond motifs is 3. The van der Waals surface area contributed by atoms with E-state index in [0.29, 0.717) is 49.7 Å². The lowest BCUT2D eigenvalue weighted by Gasteiger charge is -2.19. The van der Waals surface area contributed by atoms with Gasteiger partial charge in [0.15, 0.2) is 0 Å². The van der Waals surface area contributed by atoms with Crippen LogP contribution in [0.2, 0.25) is 0 Å². The number of imide groups is 1. The summed E-state index contributed by atoms with van der Waals surface area (Å²) in [7, 11) is 0. The van der Waals surface area contributed by atoms with Crippen molar-refractivity contribution in [1.29, 1.82) is 0 Å². The zero-order valence-corrected chi connectivity index (χ0v) is 25.6. The second-order valence-electron chi connectivity index (χ2n) is 10.8. The maximum absolute atomic E-state index is 12.4. The highest BCUT2D eigenvalue weighted by molar-refractivity contribution is 9.08. The Morgan fingerprint density at radius 3 is 2.07 bits per heavy atom. The smallest absolute Gasteiger partial charge is 0.435 e. The minimum absolute atomic E-state index is 0.0238. The molecule has 0 spiro atoms. The number of nitrogens with zero attached hydrogens (tertiary/aromatic N) is 6. The van der Waals surface area contributed by atoms with Crippen LogP contribution in [-0.4, -0.2) is 58.2 Å². The van der Waals surface area contributed by atoms with Gasteiger partial charge in [-0.15, -0.1) is 0 Å². The molecule has 45 heavy (non-hydrogen) atoms. The molecule has 6 rings (SSSR count). The molecule has 2 aromatic heterocycles. The number of H-pyrrole nitrogens is 1. The second-order valence-corrected chi connectivity index (χ2v) is 11.4. The van der Waals surface area contributed by atoms with Crippen LogP contribution in [0.5, 0.6) is 0 Å². The average molecular weight is 678 g/mol. The minimum atomic E-state index is -0.648. The number of hydrogen-bond donors (Lipinski definition) is 1. The maximum Gasteiger partial charge on any atom is 0.435 e. The van der Waals surface area contributed by atoms with Gasteiger partial charge in [0.1, 0.15) is 5.60 Å². The van der Waals surface area contributed by atoms with Crippen molar-refractivity contribution in [3.8, 4) is 0 Å². The van der Waals surface area contributed by atoms with E-state index in [2.05, 4.69) is 31.2 Å². The van der Waals surface area contributed by atoms with Gasteiger partial charge in [0, 0.05) is 40.4 Å². The van der Waals surface area contributed by atoms with Gasteiger partial charge in [-0.25, -0.2) is 4.79 Å². The lowest BCUT2D eigenvalue weighted by molar-refractivity contribution is -0.384. The molecule has 5 aromatic rings. The number of hydrogen-bond acceptors (Lipinski definition) is 10. The summed E-state index contributed by atoms with van der Waals surface area (Å²) in [6.45, 7) is 5.25. The summed E-state index contributed by atoms with van der Waals surface area (Å²) in [6.07, 6.45) is -0.617. The zero-order chi connectivity index (χ0) is 32.6. The maximum atomic E-state index is 12.4. The lowest BCUT2D eigenvalue weighted by Crippen LogP contribution is -2.29. The van der Waals surface area contributed by atoms with Crippen molar-refractivity contribution in [1.82, 2.24) is 24.9 Å². The molecule has 16 heteroatoms. The van der Waals surface area contributed by atoms with E-state index in [9.17, 15) is 34.6 Å². The van der Waals surface area contributed by atoms with E-state index < -0.39 is 21.5 Å². The van der Waals surface area contributed by atoms with Crippen LogP contribution in [0.15, 0.2) is 60.7 Å². The zero-order valence-electron chi connectivity index (χ0n) is 24.0. The number of rotatable bonds is 5. The highest BCUT2D eigenvalue weighted by atomic mass is 79.9. The Morgan fingerprint density at radius 2 is 1.51 bits per heavy atom. The monoisotopic (exact) mass is 677 g/mol. The van der Waals surface area contributed by atoms with Crippen LogP contribution >= 0.6 is 15.9 Å². The fourth-order valence-corrected chi connectivity index (χ4v) is 5.07. The molecular formula is C29H24BrN7O8. The molecule has 3 aromatic carbocycles. The van der Waals surface area contributed by atoms with Crippen LogP contribution < -0.4 is 0 Å². The number of carbonyl (C=O) groups excluding carboxylic acids is 3. The summed E-state index contributed by atoms with van der Waals surface area (Å²) in [6, 6.07) is 15.1. The Balaban J connectivity index is 0.000000180. The van der Waals surface area contributed by atoms with E-state index in [0.717, 1.165) is 9.58 Å². The standard InChI is InChI=1S/C16H10N4O4.C13H14BrN3O4/c21-15-10-3-1-2-4-11(10)16(22)19(15)8-14-12-7-9(20(23)24)5-6-13(12)17-18-14;1-13(2,3)21-12(18)16-11-5-4-8(17(19)20)6-9(11)10(7-14)15-16/h1-7H,8H2,(H,17,18);4-6H,7H2,1-3H3. The summed E-state index contributed by atoms with van der Waals surface area (Å²) >= 11 is 3.27. The summed E-state index contributed by atoms with van der Waals surface area (Å²) in [4.78, 5) is 58.9. The molecule has 2 amide bonds. The molecule has 0 unspecified atom stereocenters. The number of ether oxygens (including phenoxy) is 1. The van der Waals surface area contributed by atoms with Crippen molar-refractivity contribution >= 4 is 67.0 Å². The van der Waals surface area contributed by atoms with Crippen LogP contribution in [0.1, 0.15) is 52.9 Å². The number of halogens is 1. The number of nitro benzene ring substituents is 2. The summed E-state index contributed by atoms with van der Waals surface area (Å²) < 4.78 is 6.41. The number of nitro groups is 2. The third-order valence-corrected chi connectivity index (χ3v) is 7.20. The topological polar surface area (TPSA) is 196 Å². The van der Waals surface area contributed by atoms with E-state index in [1.54, 1.807) is 45.0 Å². The highest BCUT2D eigenvalue weighted by Gasteiger charge is 2.35. The third-order valence-electron chi connectivity index (χ3n) is 6.67. The Morgan fingerprint density at radius 1 is 0.933 bits per heavy atom. The lowest BCUT2D eigenvalue weighted by atomic mass is 10.1. The minimum Gasteiger partial charge on any atom is -0.442 e. The van der Waals surface area contributed by atoms with Gasteiger partial charge in [-0.2, -0.15) is 14.9 Å². The molecule has 230 valence electrons. The van der Waals surface area contributed by atoms with Gasteiger partial charge in [-0.05, 0) is 45.0 Å². The number of benzene rings is 3. The first-order valence-electron chi connectivity index (χ1n) is 13.3. The molecular weight excluding hydrogens is 654 g/mol. The summed E-state index contributed by atoms with van der Waals surface area (Å²) in [5.41, 5.74) is 1.97. The van der Waals surface area contributed by atoms with Crippen molar-refractivity contribution in [3.63, 3.8) is 0 Å². The molecule has 0 aliphatic carbocycles. The van der Waals surface area contributed by atoms with Crippen LogP contribution in [0.4, 0.5) is 16.2 Å². The van der Waals surface area contributed by atoms with Crippen molar-refractivity contribution in [2.75, 3.05) is 0 Å². The largest absolute Gasteiger partial charge is 0.442 e. The van der Waals surface area contributed by atoms with Crippen LogP contribution in [0.25, 0.3) is 21.8 Å². The molecule has 1 aliphatic rings. The highest BCUT2D eigenvalue weighted by Crippen LogP contribution is 2.28. The first-order chi connectivity index (χ1) is 21.3. The summed E-state index contributed by atoms with van der Waals surface area (Å²) in [5, 5.41) is 34.2. The number of aromatic nitrogens is 4. The van der Waals surface area contributed by atoms with Crippen molar-refractivity contribution in [3.05, 3.63) is 103 Å². The molecule has 0 atom stereocenters. The molecule has 0 bridgehead atoms. The Kier molecular flexibility index (Phi) is 8.16. The molecule has 3 heterocycles. The molecule has 0 radical (unpaired) electrons. The Bertz CT molecular complexity index is 1990. The molecule has 0 saturated heterocycles. The molecule has 1 N–H and O–H groups in total. The van der Waals surface area contributed by atoms with Crippen LogP contribution in [0.3, 0.4) is 0 Å². The molecule has 15 nitrogen and oxygen atoms in total. The Hall–Kier alpha value is -5.51. The van der Waals surface area contributed by atoms with Crippen LogP contribution in [-0.2, 0) is 16.6 Å². The van der Waals surface area contributed by atoms with E-state index in [4.69, 9.17) is 4.74 Å². The first-order valence-corrected chi connectivity index (χ1v) is 14.4. The first kappa shape index (κ1) is 30.9. The second kappa shape index (κ2) is 11.9. The predicted octanol–water partition coefficient (Wildman–Crippen LogP) is 5.89. The number of nitrogens with one attached hydrogen (secondary N) is 1. The van der Waals surface area contributed by atoms with Gasteiger partial charge in [0.05, 0.1) is 49.9 Å². The number of carbonyl (C=O) groups is 3. The van der Waals surface area contributed by atoms with Crippen LogP contribution in [0, 0.1) is 20.2 Å².